The van der Waals surface area contributed by atoms with Crippen LogP contribution in [0.4, 0.5) is 5.69 Å². The van der Waals surface area contributed by atoms with E-state index in [0.29, 0.717) is 6.04 Å². The highest BCUT2D eigenvalue weighted by atomic mass is 16.5. The summed E-state index contributed by atoms with van der Waals surface area (Å²) < 4.78 is 5.22. The highest BCUT2D eigenvalue weighted by Gasteiger charge is 2.65. The fourth-order valence-electron chi connectivity index (χ4n) is 6.49. The van der Waals surface area contributed by atoms with Crippen molar-refractivity contribution >= 4 is 11.7 Å². The zero-order chi connectivity index (χ0) is 17.2. The molecule has 1 aromatic rings. The average Bonchev–Trinajstić information content (AvgIpc) is 3.21. The van der Waals surface area contributed by atoms with Crippen molar-refractivity contribution < 1.29 is 9.53 Å². The number of carbonyl (C=O) groups is 1. The smallest absolute Gasteiger partial charge is 0.335 e. The van der Waals surface area contributed by atoms with E-state index in [0.717, 1.165) is 37.1 Å². The summed E-state index contributed by atoms with van der Waals surface area (Å²) in [4.78, 5) is 15.4. The topological polar surface area (TPSA) is 41.6 Å². The summed E-state index contributed by atoms with van der Waals surface area (Å²) in [5, 5.41) is 3.65. The molecule has 25 heavy (non-hydrogen) atoms. The van der Waals surface area contributed by atoms with Crippen molar-refractivity contribution in [2.24, 2.45) is 5.41 Å². The molecular formula is C21H26N2O2. The van der Waals surface area contributed by atoms with Gasteiger partial charge in [0.05, 0.1) is 18.1 Å². The molecule has 132 valence electrons. The minimum Gasteiger partial charge on any atom is -0.466 e. The Kier molecular flexibility index (Phi) is 3.15. The lowest BCUT2D eigenvalue weighted by atomic mass is 9.53. The average molecular weight is 338 g/mol. The number of esters is 1. The number of hydrogen-bond acceptors (Lipinski definition) is 4. The van der Waals surface area contributed by atoms with Crippen LogP contribution in [-0.2, 0) is 14.9 Å². The van der Waals surface area contributed by atoms with Crippen LogP contribution in [0.5, 0.6) is 0 Å². The molecule has 2 fully saturated rings. The van der Waals surface area contributed by atoms with Crippen molar-refractivity contribution in [2.45, 2.75) is 50.5 Å². The van der Waals surface area contributed by atoms with Gasteiger partial charge >= 0.3 is 5.97 Å². The molecule has 2 saturated heterocycles. The molecule has 1 aromatic carbocycles. The predicted octanol–water partition coefficient (Wildman–Crippen LogP) is 3.45. The zero-order valence-corrected chi connectivity index (χ0v) is 15.1. The molecule has 3 aliphatic heterocycles. The number of ether oxygens (including phenoxy) is 1. The van der Waals surface area contributed by atoms with E-state index in [1.807, 2.05) is 0 Å². The second kappa shape index (κ2) is 5.10. The Bertz CT molecular complexity index is 786. The molecule has 1 spiro atoms. The van der Waals surface area contributed by atoms with Crippen LogP contribution in [0.15, 0.2) is 35.5 Å². The first-order valence-electron chi connectivity index (χ1n) is 9.59. The van der Waals surface area contributed by atoms with Crippen LogP contribution in [0.25, 0.3) is 0 Å². The van der Waals surface area contributed by atoms with E-state index in [9.17, 15) is 4.79 Å². The van der Waals surface area contributed by atoms with E-state index < -0.39 is 0 Å². The second-order valence-corrected chi connectivity index (χ2v) is 8.17. The molecule has 0 unspecified atom stereocenters. The summed E-state index contributed by atoms with van der Waals surface area (Å²) in [5.74, 6) is -0.148. The van der Waals surface area contributed by atoms with Gasteiger partial charge in [-0.05, 0) is 62.2 Å². The Morgan fingerprint density at radius 3 is 2.96 bits per heavy atom. The molecule has 5 rings (SSSR count). The van der Waals surface area contributed by atoms with Crippen molar-refractivity contribution in [1.29, 1.82) is 0 Å². The van der Waals surface area contributed by atoms with Gasteiger partial charge in [0, 0.05) is 17.4 Å². The van der Waals surface area contributed by atoms with Crippen LogP contribution in [0.2, 0.25) is 0 Å². The lowest BCUT2D eigenvalue weighted by Crippen LogP contribution is -2.59. The Labute approximate surface area is 149 Å². The summed E-state index contributed by atoms with van der Waals surface area (Å²) >= 11 is 0. The van der Waals surface area contributed by atoms with Crippen LogP contribution in [0.3, 0.4) is 0 Å². The highest BCUT2D eigenvalue weighted by molar-refractivity contribution is 5.93. The van der Waals surface area contributed by atoms with Gasteiger partial charge in [-0.1, -0.05) is 25.1 Å². The van der Waals surface area contributed by atoms with Gasteiger partial charge in [0.2, 0.25) is 0 Å². The number of para-hydroxylation sites is 1. The van der Waals surface area contributed by atoms with Gasteiger partial charge in [0.1, 0.15) is 0 Å². The van der Waals surface area contributed by atoms with Crippen molar-refractivity contribution in [2.75, 3.05) is 25.5 Å². The van der Waals surface area contributed by atoms with Gasteiger partial charge in [-0.3, -0.25) is 4.90 Å². The SMILES string of the molecule is CC[C@@]12CCCN3CC[C@@]4(C(=C(C(=O)OC)C1)Nc1ccccc14)[C@@H]32. The van der Waals surface area contributed by atoms with E-state index in [-0.39, 0.29) is 16.8 Å². The Morgan fingerprint density at radius 2 is 2.16 bits per heavy atom. The Balaban J connectivity index is 1.81. The van der Waals surface area contributed by atoms with E-state index in [1.165, 1.54) is 37.7 Å². The quantitative estimate of drug-likeness (QED) is 0.839. The second-order valence-electron chi connectivity index (χ2n) is 8.17. The van der Waals surface area contributed by atoms with Gasteiger partial charge in [-0.25, -0.2) is 4.79 Å². The van der Waals surface area contributed by atoms with Crippen molar-refractivity contribution in [3.05, 3.63) is 41.1 Å². The molecule has 3 atom stereocenters. The molecule has 4 heteroatoms. The minimum absolute atomic E-state index is 0.0607. The number of fused-ring (bicyclic) bond motifs is 1. The largest absolute Gasteiger partial charge is 0.466 e. The van der Waals surface area contributed by atoms with Crippen LogP contribution in [-0.4, -0.2) is 37.1 Å². The Hall–Kier alpha value is -1.81. The maximum absolute atomic E-state index is 12.7. The van der Waals surface area contributed by atoms with Gasteiger partial charge in [0.25, 0.3) is 0 Å². The summed E-state index contributed by atoms with van der Waals surface area (Å²) in [6.07, 6.45) is 5.50. The van der Waals surface area contributed by atoms with Crippen molar-refractivity contribution in [3.8, 4) is 0 Å². The number of anilines is 1. The fraction of sp³-hybridized carbons (Fsp3) is 0.571. The lowest BCUT2D eigenvalue weighted by molar-refractivity contribution is -0.137. The molecule has 4 aliphatic rings. The van der Waals surface area contributed by atoms with Crippen LogP contribution in [0.1, 0.15) is 44.6 Å². The third kappa shape index (κ3) is 1.74. The lowest BCUT2D eigenvalue weighted by Gasteiger charge is -2.56. The van der Waals surface area contributed by atoms with E-state index in [1.54, 1.807) is 0 Å². The molecular weight excluding hydrogens is 312 g/mol. The molecule has 0 bridgehead atoms. The minimum atomic E-state index is -0.148. The first-order chi connectivity index (χ1) is 12.2. The summed E-state index contributed by atoms with van der Waals surface area (Å²) in [7, 11) is 1.51. The molecule has 1 aliphatic carbocycles. The van der Waals surface area contributed by atoms with Gasteiger partial charge in [0.15, 0.2) is 0 Å². The number of nitrogens with zero attached hydrogens (tertiary/aromatic N) is 1. The number of hydrogen-bond donors (Lipinski definition) is 1. The van der Waals surface area contributed by atoms with Gasteiger partial charge in [-0.2, -0.15) is 0 Å². The monoisotopic (exact) mass is 338 g/mol. The molecule has 1 N–H and O–H groups in total. The standard InChI is InChI=1S/C21H26N2O2/c1-3-20-9-6-11-23-12-10-21(19(20)23)15-7-4-5-8-16(15)22-17(21)14(13-20)18(24)25-2/h4-5,7-8,19,22H,3,6,9-13H2,1-2H3/t19-,20+,21+/m0/s1. The molecule has 0 amide bonds. The summed E-state index contributed by atoms with van der Waals surface area (Å²) in [5.41, 5.74) is 4.71. The number of nitrogens with one attached hydrogen (secondary N) is 1. The number of piperidine rings is 1. The number of methoxy groups -OCH3 is 1. The third-order valence-electron chi connectivity index (χ3n) is 7.41. The first-order valence-corrected chi connectivity index (χ1v) is 9.59. The number of carbonyl (C=O) groups excluding carboxylic acids is 1. The first kappa shape index (κ1) is 15.4. The molecule has 0 aromatic heterocycles. The molecule has 0 saturated carbocycles. The predicted molar refractivity (Wildman–Crippen MR) is 97.3 cm³/mol. The highest BCUT2D eigenvalue weighted by Crippen LogP contribution is 2.65. The summed E-state index contributed by atoms with van der Waals surface area (Å²) in [6.45, 7) is 4.63. The van der Waals surface area contributed by atoms with Gasteiger partial charge < -0.3 is 10.1 Å². The van der Waals surface area contributed by atoms with Gasteiger partial charge in [-0.15, -0.1) is 0 Å². The number of rotatable bonds is 2. The normalized spacial score (nSPS) is 35.7. The van der Waals surface area contributed by atoms with Crippen LogP contribution >= 0.6 is 0 Å². The Morgan fingerprint density at radius 1 is 1.32 bits per heavy atom. The van der Waals surface area contributed by atoms with Crippen LogP contribution in [0, 0.1) is 5.41 Å². The van der Waals surface area contributed by atoms with Crippen LogP contribution < -0.4 is 5.32 Å². The number of benzene rings is 1. The zero-order valence-electron chi connectivity index (χ0n) is 15.1. The molecule has 4 nitrogen and oxygen atoms in total. The maximum Gasteiger partial charge on any atom is 0.335 e. The summed E-state index contributed by atoms with van der Waals surface area (Å²) in [6, 6.07) is 9.15. The van der Waals surface area contributed by atoms with E-state index in [4.69, 9.17) is 4.74 Å². The van der Waals surface area contributed by atoms with E-state index >= 15 is 0 Å². The fourth-order valence-corrected chi connectivity index (χ4v) is 6.49. The molecule has 0 radical (unpaired) electrons. The van der Waals surface area contributed by atoms with E-state index in [2.05, 4.69) is 41.4 Å². The van der Waals surface area contributed by atoms with Crippen molar-refractivity contribution in [1.82, 2.24) is 4.90 Å². The molecule has 3 heterocycles. The van der Waals surface area contributed by atoms with Crippen molar-refractivity contribution in [3.63, 3.8) is 0 Å². The maximum atomic E-state index is 12.7. The third-order valence-corrected chi connectivity index (χ3v) is 7.41.